The quantitative estimate of drug-likeness (QED) is 0.336. The Morgan fingerprint density at radius 3 is 1.80 bits per heavy atom. The van der Waals surface area contributed by atoms with Gasteiger partial charge in [0.05, 0.1) is 12.1 Å². The third-order valence-corrected chi connectivity index (χ3v) is 5.26. The van der Waals surface area contributed by atoms with E-state index in [9.17, 15) is 29.4 Å². The summed E-state index contributed by atoms with van der Waals surface area (Å²) in [6, 6.07) is -2.07. The van der Waals surface area contributed by atoms with E-state index in [1.54, 1.807) is 27.8 Å². The van der Waals surface area contributed by atoms with E-state index in [2.05, 4.69) is 5.32 Å². The van der Waals surface area contributed by atoms with Crippen LogP contribution >= 0.6 is 0 Å². The molecule has 0 radical (unpaired) electrons. The van der Waals surface area contributed by atoms with Crippen LogP contribution in [0.5, 0.6) is 0 Å². The Bertz CT molecular complexity index is 665. The lowest BCUT2D eigenvalue weighted by Gasteiger charge is -2.35. The smallest absolute Gasteiger partial charge is 0.346 e. The van der Waals surface area contributed by atoms with Gasteiger partial charge >= 0.3 is 5.97 Å². The van der Waals surface area contributed by atoms with E-state index >= 15 is 0 Å². The number of hydrogen-bond donors (Lipinski definition) is 3. The Hall–Kier alpha value is -1.84. The molecule has 0 heterocycles. The van der Waals surface area contributed by atoms with E-state index in [1.807, 2.05) is 13.8 Å². The monoisotopic (exact) mass is 430 g/mol. The minimum atomic E-state index is -2.51. The highest BCUT2D eigenvalue weighted by atomic mass is 16.6. The number of nitrogens with one attached hydrogen (secondary N) is 1. The Balaban J connectivity index is 5.65. The molecule has 0 aromatic rings. The minimum Gasteiger partial charge on any atom is -0.457 e. The molecule has 0 spiro atoms. The largest absolute Gasteiger partial charge is 0.457 e. The van der Waals surface area contributed by atoms with Gasteiger partial charge in [-0.15, -0.1) is 0 Å². The van der Waals surface area contributed by atoms with Crippen molar-refractivity contribution in [1.29, 1.82) is 0 Å². The summed E-state index contributed by atoms with van der Waals surface area (Å²) in [5.74, 6) is -4.03. The zero-order chi connectivity index (χ0) is 24.2. The molecule has 3 N–H and O–H groups in total. The highest BCUT2D eigenvalue weighted by molar-refractivity contribution is 6.13. The van der Waals surface area contributed by atoms with Crippen molar-refractivity contribution in [3.05, 3.63) is 0 Å². The molecular formula is C21H38N2O7. The number of esters is 1. The molecule has 0 aromatic heterocycles. The molecule has 3 unspecified atom stereocenters. The maximum Gasteiger partial charge on any atom is 0.346 e. The summed E-state index contributed by atoms with van der Waals surface area (Å²) in [5, 5.41) is 24.0. The number of Topliss-reactive ketones (excluding diaryl/α,β-unsaturated/α-hetero) is 2. The standard InChI is InChI=1S/C21H38N2O7/c1-11-12(2)14(22-9)16(25)20(7,28)17(26)23(10)13(3)15(24)21(8,29)18(27)30-19(4,5)6/h12-14,22,28-29H,11H2,1-10H3/t12?,13-,14-,20?,21?/m0/s1. The SMILES string of the molecule is CCC(C)[C@H](NC)C(=O)C(C)(O)C(=O)N(C)[C@@H](C)C(=O)C(C)(O)C(=O)OC(C)(C)C. The first-order chi connectivity index (χ1) is 13.4. The molecular weight excluding hydrogens is 392 g/mol. The molecule has 5 atom stereocenters. The Morgan fingerprint density at radius 1 is 0.967 bits per heavy atom. The molecule has 0 fully saturated rings. The Labute approximate surface area is 179 Å². The number of ether oxygens (including phenoxy) is 1. The number of carbonyl (C=O) groups excluding carboxylic acids is 4. The summed E-state index contributed by atoms with van der Waals surface area (Å²) in [5.41, 5.74) is -5.85. The fourth-order valence-electron chi connectivity index (χ4n) is 2.90. The van der Waals surface area contributed by atoms with Crippen LogP contribution in [0.1, 0.15) is 61.8 Å². The number of nitrogens with zero attached hydrogens (tertiary/aromatic N) is 1. The summed E-state index contributed by atoms with van der Waals surface area (Å²) >= 11 is 0. The average molecular weight is 431 g/mol. The molecule has 0 rings (SSSR count). The summed E-state index contributed by atoms with van der Waals surface area (Å²) in [6.07, 6.45) is 0.644. The van der Waals surface area contributed by atoms with Gasteiger partial charge in [-0.2, -0.15) is 0 Å². The van der Waals surface area contributed by atoms with E-state index in [1.165, 1.54) is 14.0 Å². The number of likely N-dealkylation sites (N-methyl/N-ethyl adjacent to an activating group) is 2. The van der Waals surface area contributed by atoms with Crippen LogP contribution in [0.3, 0.4) is 0 Å². The van der Waals surface area contributed by atoms with Crippen molar-refractivity contribution >= 4 is 23.4 Å². The molecule has 0 saturated carbocycles. The van der Waals surface area contributed by atoms with Gasteiger partial charge in [0.1, 0.15) is 5.60 Å². The van der Waals surface area contributed by atoms with Crippen LogP contribution in [-0.2, 0) is 23.9 Å². The number of rotatable bonds is 10. The van der Waals surface area contributed by atoms with Crippen LogP contribution in [0.15, 0.2) is 0 Å². The Kier molecular flexibility index (Phi) is 9.37. The van der Waals surface area contributed by atoms with Crippen molar-refractivity contribution in [2.24, 2.45) is 5.92 Å². The first-order valence-electron chi connectivity index (χ1n) is 10.1. The molecule has 0 saturated heterocycles. The van der Waals surface area contributed by atoms with Crippen LogP contribution < -0.4 is 5.32 Å². The molecule has 0 aromatic carbocycles. The lowest BCUT2D eigenvalue weighted by molar-refractivity contribution is -0.181. The van der Waals surface area contributed by atoms with Crippen LogP contribution in [0, 0.1) is 5.92 Å². The Morgan fingerprint density at radius 2 is 1.43 bits per heavy atom. The normalized spacial score (nSPS) is 18.9. The minimum absolute atomic E-state index is 0.140. The van der Waals surface area contributed by atoms with Gasteiger partial charge in [-0.25, -0.2) is 4.79 Å². The van der Waals surface area contributed by atoms with Gasteiger partial charge in [-0.1, -0.05) is 20.3 Å². The van der Waals surface area contributed by atoms with Gasteiger partial charge < -0.3 is 25.2 Å². The van der Waals surface area contributed by atoms with Gasteiger partial charge in [-0.3, -0.25) is 14.4 Å². The predicted molar refractivity (Wildman–Crippen MR) is 112 cm³/mol. The van der Waals surface area contributed by atoms with Gasteiger partial charge in [0.15, 0.2) is 11.6 Å². The molecule has 0 bridgehead atoms. The molecule has 174 valence electrons. The summed E-state index contributed by atoms with van der Waals surface area (Å²) < 4.78 is 5.08. The fraction of sp³-hybridized carbons (Fsp3) is 0.810. The number of carbonyl (C=O) groups is 4. The van der Waals surface area contributed by atoms with Gasteiger partial charge in [-0.05, 0) is 54.5 Å². The number of hydrogen-bond acceptors (Lipinski definition) is 8. The van der Waals surface area contributed by atoms with Gasteiger partial charge in [0.25, 0.3) is 5.91 Å². The fourth-order valence-corrected chi connectivity index (χ4v) is 2.90. The predicted octanol–water partition coefficient (Wildman–Crippen LogP) is 0.449. The van der Waals surface area contributed by atoms with Crippen LogP contribution in [0.4, 0.5) is 0 Å². The highest BCUT2D eigenvalue weighted by Crippen LogP contribution is 2.22. The molecule has 9 heteroatoms. The van der Waals surface area contributed by atoms with Crippen molar-refractivity contribution in [3.8, 4) is 0 Å². The molecule has 0 aliphatic rings. The third-order valence-electron chi connectivity index (χ3n) is 5.26. The van der Waals surface area contributed by atoms with Crippen molar-refractivity contribution < 1.29 is 34.1 Å². The molecule has 9 nitrogen and oxygen atoms in total. The maximum absolute atomic E-state index is 12.9. The number of aliphatic hydroxyl groups is 2. The zero-order valence-electron chi connectivity index (χ0n) is 19.8. The average Bonchev–Trinajstić information content (AvgIpc) is 2.64. The van der Waals surface area contributed by atoms with Crippen molar-refractivity contribution in [3.63, 3.8) is 0 Å². The number of amides is 1. The first kappa shape index (κ1) is 28.2. The molecule has 0 aliphatic carbocycles. The topological polar surface area (TPSA) is 133 Å². The van der Waals surface area contributed by atoms with Crippen molar-refractivity contribution in [2.75, 3.05) is 14.1 Å². The van der Waals surface area contributed by atoms with E-state index in [4.69, 9.17) is 4.74 Å². The summed E-state index contributed by atoms with van der Waals surface area (Å²) in [7, 11) is 2.78. The van der Waals surface area contributed by atoms with Gasteiger partial charge in [0, 0.05) is 7.05 Å². The lowest BCUT2D eigenvalue weighted by atomic mass is 9.85. The van der Waals surface area contributed by atoms with E-state index in [0.717, 1.165) is 18.7 Å². The lowest BCUT2D eigenvalue weighted by Crippen LogP contribution is -2.62. The van der Waals surface area contributed by atoms with Crippen molar-refractivity contribution in [2.45, 2.75) is 90.7 Å². The summed E-state index contributed by atoms with van der Waals surface area (Å²) in [4.78, 5) is 51.6. The maximum atomic E-state index is 12.9. The van der Waals surface area contributed by atoms with Gasteiger partial charge in [0.2, 0.25) is 11.2 Å². The van der Waals surface area contributed by atoms with E-state index < -0.39 is 52.3 Å². The summed E-state index contributed by atoms with van der Waals surface area (Å²) in [6.45, 7) is 11.8. The molecule has 30 heavy (non-hydrogen) atoms. The second kappa shape index (κ2) is 9.98. The van der Waals surface area contributed by atoms with E-state index in [0.29, 0.717) is 6.42 Å². The third kappa shape index (κ3) is 6.33. The van der Waals surface area contributed by atoms with Crippen LogP contribution in [-0.4, -0.2) is 81.5 Å². The van der Waals surface area contributed by atoms with E-state index in [-0.39, 0.29) is 5.92 Å². The van der Waals surface area contributed by atoms with Crippen LogP contribution in [0.25, 0.3) is 0 Å². The second-order valence-electron chi connectivity index (χ2n) is 9.12. The zero-order valence-corrected chi connectivity index (χ0v) is 19.8. The highest BCUT2D eigenvalue weighted by Gasteiger charge is 2.50. The molecule has 0 aliphatic heterocycles. The van der Waals surface area contributed by atoms with Crippen LogP contribution in [0.2, 0.25) is 0 Å². The number of ketones is 2. The molecule has 1 amide bonds. The van der Waals surface area contributed by atoms with Crippen molar-refractivity contribution in [1.82, 2.24) is 10.2 Å². The second-order valence-corrected chi connectivity index (χ2v) is 9.12. The first-order valence-corrected chi connectivity index (χ1v) is 10.1.